The molecular formula is C26H22ClN3O5. The van der Waals surface area contributed by atoms with E-state index in [9.17, 15) is 19.2 Å². The van der Waals surface area contributed by atoms with Crippen LogP contribution in [0.4, 0.5) is 16.2 Å². The molecule has 1 N–H and O–H groups in total. The van der Waals surface area contributed by atoms with Crippen LogP contribution in [0.15, 0.2) is 78.9 Å². The molecule has 4 rings (SSSR count). The molecule has 0 saturated carbocycles. The minimum Gasteiger partial charge on any atom is -0.465 e. The normalized spacial score (nSPS) is 15.3. The van der Waals surface area contributed by atoms with Crippen LogP contribution < -0.4 is 10.2 Å². The summed E-state index contributed by atoms with van der Waals surface area (Å²) in [5, 5.41) is 3.27. The lowest BCUT2D eigenvalue weighted by molar-refractivity contribution is -0.124. The minimum atomic E-state index is -0.993. The van der Waals surface area contributed by atoms with Crippen molar-refractivity contribution in [2.45, 2.75) is 19.0 Å². The molecule has 1 unspecified atom stereocenters. The van der Waals surface area contributed by atoms with Crippen LogP contribution in [0.2, 0.25) is 5.02 Å². The maximum Gasteiger partial charge on any atom is 0.337 e. The van der Waals surface area contributed by atoms with Crippen molar-refractivity contribution < 1.29 is 23.9 Å². The monoisotopic (exact) mass is 491 g/mol. The van der Waals surface area contributed by atoms with Gasteiger partial charge in [0, 0.05) is 17.3 Å². The summed E-state index contributed by atoms with van der Waals surface area (Å²) >= 11 is 5.97. The lowest BCUT2D eigenvalue weighted by Crippen LogP contribution is -2.37. The van der Waals surface area contributed by atoms with Gasteiger partial charge in [-0.05, 0) is 54.1 Å². The minimum absolute atomic E-state index is 0.136. The van der Waals surface area contributed by atoms with Crippen LogP contribution in [-0.2, 0) is 20.9 Å². The van der Waals surface area contributed by atoms with Gasteiger partial charge in [0.25, 0.3) is 5.91 Å². The first-order valence-corrected chi connectivity index (χ1v) is 11.2. The van der Waals surface area contributed by atoms with Gasteiger partial charge < -0.3 is 15.0 Å². The molecule has 1 aliphatic rings. The van der Waals surface area contributed by atoms with Crippen molar-refractivity contribution in [3.63, 3.8) is 0 Å². The average molecular weight is 492 g/mol. The summed E-state index contributed by atoms with van der Waals surface area (Å²) in [4.78, 5) is 53.6. The SMILES string of the molecule is COC(=O)c1ccc(NC(=O)CC2C(=O)N(c3ccccc3)C(=O)N2Cc2ccc(Cl)cc2)cc1. The fourth-order valence-corrected chi connectivity index (χ4v) is 3.94. The maximum atomic E-state index is 13.3. The van der Waals surface area contributed by atoms with Crippen molar-refractivity contribution in [1.82, 2.24) is 4.90 Å². The Morgan fingerprint density at radius 1 is 0.943 bits per heavy atom. The fourth-order valence-electron chi connectivity index (χ4n) is 3.81. The van der Waals surface area contributed by atoms with E-state index in [2.05, 4.69) is 10.1 Å². The molecule has 0 bridgehead atoms. The molecular weight excluding hydrogens is 470 g/mol. The topological polar surface area (TPSA) is 96.0 Å². The van der Waals surface area contributed by atoms with Crippen molar-refractivity contribution in [2.24, 2.45) is 0 Å². The Kier molecular flexibility index (Phi) is 7.12. The van der Waals surface area contributed by atoms with Crippen LogP contribution >= 0.6 is 11.6 Å². The summed E-state index contributed by atoms with van der Waals surface area (Å²) in [5.41, 5.74) is 2.00. The molecule has 178 valence electrons. The number of carbonyl (C=O) groups is 4. The highest BCUT2D eigenvalue weighted by Gasteiger charge is 2.46. The van der Waals surface area contributed by atoms with Crippen LogP contribution in [0.5, 0.6) is 0 Å². The number of para-hydroxylation sites is 1. The molecule has 0 aromatic heterocycles. The molecule has 9 heteroatoms. The number of esters is 1. The van der Waals surface area contributed by atoms with Gasteiger partial charge in [0.1, 0.15) is 6.04 Å². The van der Waals surface area contributed by atoms with E-state index in [4.69, 9.17) is 11.6 Å². The number of hydrogen-bond acceptors (Lipinski definition) is 5. The summed E-state index contributed by atoms with van der Waals surface area (Å²) < 4.78 is 4.67. The molecule has 1 atom stereocenters. The summed E-state index contributed by atoms with van der Waals surface area (Å²) in [6.45, 7) is 0.136. The number of carbonyl (C=O) groups excluding carboxylic acids is 4. The number of nitrogens with zero attached hydrogens (tertiary/aromatic N) is 2. The molecule has 0 aliphatic carbocycles. The lowest BCUT2D eigenvalue weighted by Gasteiger charge is -2.21. The molecule has 1 heterocycles. The summed E-state index contributed by atoms with van der Waals surface area (Å²) in [6.07, 6.45) is -0.236. The first kappa shape index (κ1) is 24.0. The third-order valence-electron chi connectivity index (χ3n) is 5.57. The number of anilines is 2. The number of nitrogens with one attached hydrogen (secondary N) is 1. The largest absolute Gasteiger partial charge is 0.465 e. The number of methoxy groups -OCH3 is 1. The Morgan fingerprint density at radius 3 is 2.23 bits per heavy atom. The van der Waals surface area contributed by atoms with Crippen molar-refractivity contribution in [3.8, 4) is 0 Å². The predicted octanol–water partition coefficient (Wildman–Crippen LogP) is 4.49. The molecule has 1 aliphatic heterocycles. The Balaban J connectivity index is 1.55. The fraction of sp³-hybridized carbons (Fsp3) is 0.154. The number of ether oxygens (including phenoxy) is 1. The van der Waals surface area contributed by atoms with Crippen molar-refractivity contribution >= 4 is 46.8 Å². The molecule has 1 saturated heterocycles. The van der Waals surface area contributed by atoms with Gasteiger partial charge in [-0.3, -0.25) is 9.59 Å². The zero-order valence-corrected chi connectivity index (χ0v) is 19.6. The second-order valence-corrected chi connectivity index (χ2v) is 8.32. The van der Waals surface area contributed by atoms with Gasteiger partial charge in [0.05, 0.1) is 24.8 Å². The van der Waals surface area contributed by atoms with Crippen LogP contribution in [0.1, 0.15) is 22.3 Å². The third-order valence-corrected chi connectivity index (χ3v) is 5.82. The van der Waals surface area contributed by atoms with Gasteiger partial charge in [-0.25, -0.2) is 14.5 Å². The summed E-state index contributed by atoms with van der Waals surface area (Å²) in [6, 6.07) is 20.2. The lowest BCUT2D eigenvalue weighted by atomic mass is 10.1. The van der Waals surface area contributed by atoms with Crippen molar-refractivity contribution in [1.29, 1.82) is 0 Å². The smallest absolute Gasteiger partial charge is 0.337 e. The van der Waals surface area contributed by atoms with Gasteiger partial charge in [0.15, 0.2) is 0 Å². The first-order chi connectivity index (χ1) is 16.9. The predicted molar refractivity (Wildman–Crippen MR) is 131 cm³/mol. The Labute approximate surface area is 207 Å². The zero-order chi connectivity index (χ0) is 24.9. The summed E-state index contributed by atoms with van der Waals surface area (Å²) in [5.74, 6) is -1.42. The molecule has 3 aromatic rings. The van der Waals surface area contributed by atoms with Crippen LogP contribution in [0.3, 0.4) is 0 Å². The van der Waals surface area contributed by atoms with Gasteiger partial charge >= 0.3 is 12.0 Å². The number of rotatable bonds is 7. The second-order valence-electron chi connectivity index (χ2n) is 7.88. The van der Waals surface area contributed by atoms with Gasteiger partial charge in [-0.1, -0.05) is 41.9 Å². The van der Waals surface area contributed by atoms with E-state index in [1.54, 1.807) is 66.7 Å². The molecule has 35 heavy (non-hydrogen) atoms. The van der Waals surface area contributed by atoms with Crippen molar-refractivity contribution in [3.05, 3.63) is 95.0 Å². The number of amides is 4. The van der Waals surface area contributed by atoms with E-state index in [-0.39, 0.29) is 13.0 Å². The Morgan fingerprint density at radius 2 is 1.60 bits per heavy atom. The Hall–Kier alpha value is -4.17. The molecule has 0 spiro atoms. The highest BCUT2D eigenvalue weighted by molar-refractivity contribution is 6.30. The molecule has 8 nitrogen and oxygen atoms in total. The molecule has 1 fully saturated rings. The maximum absolute atomic E-state index is 13.3. The van der Waals surface area contributed by atoms with Crippen LogP contribution in [-0.4, -0.2) is 41.9 Å². The van der Waals surface area contributed by atoms with E-state index < -0.39 is 29.9 Å². The standard InChI is InChI=1S/C26H22ClN3O5/c1-35-25(33)18-9-13-20(14-10-18)28-23(31)15-22-24(32)30(21-5-3-2-4-6-21)26(34)29(22)16-17-7-11-19(27)12-8-17/h2-14,22H,15-16H2,1H3,(H,28,31). The average Bonchev–Trinajstić information content (AvgIpc) is 3.09. The van der Waals surface area contributed by atoms with Gasteiger partial charge in [-0.15, -0.1) is 0 Å². The van der Waals surface area contributed by atoms with Gasteiger partial charge in [-0.2, -0.15) is 0 Å². The van der Waals surface area contributed by atoms with Crippen LogP contribution in [0, 0.1) is 0 Å². The van der Waals surface area contributed by atoms with E-state index in [1.807, 2.05) is 0 Å². The van der Waals surface area contributed by atoms with E-state index >= 15 is 0 Å². The molecule has 0 radical (unpaired) electrons. The quantitative estimate of drug-likeness (QED) is 0.388. The van der Waals surface area contributed by atoms with E-state index in [0.29, 0.717) is 22.0 Å². The number of hydrogen-bond donors (Lipinski definition) is 1. The Bertz CT molecular complexity index is 1250. The summed E-state index contributed by atoms with van der Waals surface area (Å²) in [7, 11) is 1.28. The highest BCUT2D eigenvalue weighted by atomic mass is 35.5. The molecule has 3 aromatic carbocycles. The van der Waals surface area contributed by atoms with Crippen molar-refractivity contribution in [2.75, 3.05) is 17.3 Å². The number of imide groups is 1. The number of urea groups is 1. The van der Waals surface area contributed by atoms with Gasteiger partial charge in [0.2, 0.25) is 5.91 Å². The van der Waals surface area contributed by atoms with E-state index in [0.717, 1.165) is 10.5 Å². The third kappa shape index (κ3) is 5.33. The zero-order valence-electron chi connectivity index (χ0n) is 18.8. The second kappa shape index (κ2) is 10.4. The van der Waals surface area contributed by atoms with E-state index in [1.165, 1.54) is 24.1 Å². The molecule has 4 amide bonds. The number of halogens is 1. The first-order valence-electron chi connectivity index (χ1n) is 10.8. The highest BCUT2D eigenvalue weighted by Crippen LogP contribution is 2.28. The number of benzene rings is 3. The van der Waals surface area contributed by atoms with Crippen LogP contribution in [0.25, 0.3) is 0 Å².